The molecule has 0 aliphatic carbocycles. The zero-order chi connectivity index (χ0) is 22.8. The first-order valence-corrected chi connectivity index (χ1v) is 15.3. The second-order valence-corrected chi connectivity index (χ2v) is 12.4. The lowest BCUT2D eigenvalue weighted by molar-refractivity contribution is 0.207. The molecule has 180 valence electrons. The Hall–Kier alpha value is 0.330. The highest BCUT2D eigenvalue weighted by Gasteiger charge is 2.30. The highest BCUT2D eigenvalue weighted by molar-refractivity contribution is 7.53. The molecule has 0 saturated carbocycles. The van der Waals surface area contributed by atoms with Crippen molar-refractivity contribution in [1.82, 2.24) is 14.7 Å². The Morgan fingerprint density at radius 3 is 0.933 bits per heavy atom. The molecule has 3 N–H and O–H groups in total. The van der Waals surface area contributed by atoms with Crippen LogP contribution in [0.1, 0.15) is 20.8 Å². The van der Waals surface area contributed by atoms with Crippen molar-refractivity contribution in [3.05, 3.63) is 0 Å². The van der Waals surface area contributed by atoms with Crippen molar-refractivity contribution in [2.75, 3.05) is 77.9 Å². The summed E-state index contributed by atoms with van der Waals surface area (Å²) in [5, 5.41) is 0. The Bertz CT molecular complexity index is 557. The van der Waals surface area contributed by atoms with Gasteiger partial charge in [-0.3, -0.25) is 28.4 Å². The highest BCUT2D eigenvalue weighted by atomic mass is 31.2. The van der Waals surface area contributed by atoms with Crippen molar-refractivity contribution in [3.63, 3.8) is 0 Å². The van der Waals surface area contributed by atoms with E-state index in [1.807, 2.05) is 0 Å². The number of nitrogens with zero attached hydrogens (tertiary/aromatic N) is 3. The smallest absolute Gasteiger partial charge is 0.323 e. The number of hydrogen-bond donors (Lipinski definition) is 3. The normalized spacial score (nSPS) is 24.2. The van der Waals surface area contributed by atoms with Gasteiger partial charge in [-0.2, -0.15) is 0 Å². The minimum atomic E-state index is -3.82. The van der Waals surface area contributed by atoms with Crippen LogP contribution in [-0.2, 0) is 27.3 Å². The second kappa shape index (κ2) is 13.1. The third-order valence-corrected chi connectivity index (χ3v) is 8.58. The maximum Gasteiger partial charge on any atom is 0.341 e. The molecule has 1 aliphatic rings. The summed E-state index contributed by atoms with van der Waals surface area (Å²) in [5.41, 5.74) is 0. The summed E-state index contributed by atoms with van der Waals surface area (Å²) in [7, 11) is -11.5. The number of rotatable bonds is 12. The SMILES string of the molecule is CCOP(=O)(O)CN1CCN(CP(=O)(O)OCC)CCN(CP(=O)(O)OCC)CC1. The van der Waals surface area contributed by atoms with Crippen LogP contribution in [0.4, 0.5) is 0 Å². The fourth-order valence-corrected chi connectivity index (χ4v) is 6.91. The molecule has 0 bridgehead atoms. The fourth-order valence-electron chi connectivity index (χ4n) is 3.09. The first kappa shape index (κ1) is 28.4. The molecule has 1 rings (SSSR count). The van der Waals surface area contributed by atoms with Crippen molar-refractivity contribution in [3.8, 4) is 0 Å². The van der Waals surface area contributed by atoms with E-state index in [1.54, 1.807) is 35.5 Å². The molecule has 0 spiro atoms. The largest absolute Gasteiger partial charge is 0.341 e. The van der Waals surface area contributed by atoms with E-state index in [0.717, 1.165) is 0 Å². The highest BCUT2D eigenvalue weighted by Crippen LogP contribution is 2.44. The Kier molecular flexibility index (Phi) is 12.4. The molecule has 1 aliphatic heterocycles. The summed E-state index contributed by atoms with van der Waals surface area (Å²) >= 11 is 0. The van der Waals surface area contributed by atoms with Crippen LogP contribution in [0.3, 0.4) is 0 Å². The van der Waals surface area contributed by atoms with Crippen LogP contribution in [0.15, 0.2) is 0 Å². The van der Waals surface area contributed by atoms with Crippen LogP contribution in [0, 0.1) is 0 Å². The van der Waals surface area contributed by atoms with Crippen molar-refractivity contribution < 1.29 is 41.9 Å². The predicted octanol–water partition coefficient (Wildman–Crippen LogP) is 1.44. The van der Waals surface area contributed by atoms with Gasteiger partial charge in [0.2, 0.25) is 0 Å². The van der Waals surface area contributed by atoms with Gasteiger partial charge in [0.05, 0.1) is 19.8 Å². The molecule has 3 atom stereocenters. The topological polar surface area (TPSA) is 149 Å². The summed E-state index contributed by atoms with van der Waals surface area (Å²) in [6, 6.07) is 0. The van der Waals surface area contributed by atoms with Crippen LogP contribution in [0.25, 0.3) is 0 Å². The summed E-state index contributed by atoms with van der Waals surface area (Å²) in [6.45, 7) is 7.36. The van der Waals surface area contributed by atoms with Crippen LogP contribution in [0.2, 0.25) is 0 Å². The van der Waals surface area contributed by atoms with Crippen molar-refractivity contribution in [2.45, 2.75) is 20.8 Å². The molecule has 30 heavy (non-hydrogen) atoms. The van der Waals surface area contributed by atoms with E-state index >= 15 is 0 Å². The van der Waals surface area contributed by atoms with Crippen LogP contribution in [0.5, 0.6) is 0 Å². The molecule has 0 radical (unpaired) electrons. The molecular weight excluding hydrogens is 459 g/mol. The van der Waals surface area contributed by atoms with E-state index in [2.05, 4.69) is 0 Å². The fraction of sp³-hybridized carbons (Fsp3) is 1.00. The standard InChI is InChI=1S/C15H36N3O9P3/c1-4-25-28(19,20)13-16-7-9-17(14-29(21,22)26-5-2)11-12-18(10-8-16)15-30(23,24)27-6-3/h4-15H2,1-3H3,(H,19,20)(H,21,22)(H,23,24). The quantitative estimate of drug-likeness (QED) is 0.336. The van der Waals surface area contributed by atoms with E-state index in [9.17, 15) is 28.4 Å². The van der Waals surface area contributed by atoms with Crippen molar-refractivity contribution >= 4 is 22.8 Å². The van der Waals surface area contributed by atoms with Gasteiger partial charge in [-0.05, 0) is 20.8 Å². The lowest BCUT2D eigenvalue weighted by Gasteiger charge is -2.27. The first-order chi connectivity index (χ1) is 13.9. The molecule has 1 heterocycles. The summed E-state index contributed by atoms with van der Waals surface area (Å²) < 4.78 is 51.5. The van der Waals surface area contributed by atoms with Gasteiger partial charge < -0.3 is 28.3 Å². The maximum absolute atomic E-state index is 12.2. The molecule has 3 unspecified atom stereocenters. The van der Waals surface area contributed by atoms with E-state index in [1.165, 1.54) is 0 Å². The Balaban J connectivity index is 2.94. The van der Waals surface area contributed by atoms with Crippen molar-refractivity contribution in [1.29, 1.82) is 0 Å². The molecule has 1 saturated heterocycles. The third kappa shape index (κ3) is 11.8. The Morgan fingerprint density at radius 2 is 0.767 bits per heavy atom. The van der Waals surface area contributed by atoms with Gasteiger partial charge in [0.25, 0.3) is 0 Å². The van der Waals surface area contributed by atoms with E-state index in [-0.39, 0.29) is 38.7 Å². The summed E-state index contributed by atoms with van der Waals surface area (Å²) in [4.78, 5) is 35.1. The minimum absolute atomic E-state index is 0.101. The van der Waals surface area contributed by atoms with Crippen molar-refractivity contribution in [2.24, 2.45) is 0 Å². The molecule has 0 aromatic carbocycles. The lowest BCUT2D eigenvalue weighted by Crippen LogP contribution is -2.37. The molecule has 0 aromatic heterocycles. The van der Waals surface area contributed by atoms with E-state index in [4.69, 9.17) is 13.6 Å². The first-order valence-electron chi connectivity index (χ1n) is 9.98. The monoisotopic (exact) mass is 495 g/mol. The van der Waals surface area contributed by atoms with Gasteiger partial charge in [-0.15, -0.1) is 0 Å². The van der Waals surface area contributed by atoms with Gasteiger partial charge in [0.15, 0.2) is 0 Å². The molecular formula is C15H36N3O9P3. The molecule has 1 fully saturated rings. The second-order valence-electron chi connectivity index (χ2n) is 6.94. The zero-order valence-corrected chi connectivity index (χ0v) is 20.6. The Morgan fingerprint density at radius 1 is 0.567 bits per heavy atom. The maximum atomic E-state index is 12.2. The van der Waals surface area contributed by atoms with Gasteiger partial charge in [-0.1, -0.05) is 0 Å². The molecule has 12 nitrogen and oxygen atoms in total. The zero-order valence-electron chi connectivity index (χ0n) is 18.0. The summed E-state index contributed by atoms with van der Waals surface area (Å²) in [6.07, 6.45) is -0.604. The molecule has 0 amide bonds. The van der Waals surface area contributed by atoms with Gasteiger partial charge in [-0.25, -0.2) is 0 Å². The average Bonchev–Trinajstić information content (AvgIpc) is 2.67. The van der Waals surface area contributed by atoms with E-state index in [0.29, 0.717) is 39.3 Å². The average molecular weight is 495 g/mol. The van der Waals surface area contributed by atoms with Gasteiger partial charge in [0.1, 0.15) is 18.9 Å². The van der Waals surface area contributed by atoms with Crippen LogP contribution < -0.4 is 0 Å². The molecule has 0 aromatic rings. The van der Waals surface area contributed by atoms with E-state index < -0.39 is 22.8 Å². The molecule has 15 heteroatoms. The lowest BCUT2D eigenvalue weighted by atomic mass is 10.5. The number of hydrogen-bond acceptors (Lipinski definition) is 9. The van der Waals surface area contributed by atoms with Gasteiger partial charge >= 0.3 is 22.8 Å². The van der Waals surface area contributed by atoms with Crippen LogP contribution in [-0.4, -0.2) is 107 Å². The van der Waals surface area contributed by atoms with Gasteiger partial charge in [0, 0.05) is 39.3 Å². The van der Waals surface area contributed by atoms with Crippen LogP contribution >= 0.6 is 22.8 Å². The third-order valence-electron chi connectivity index (χ3n) is 4.33. The predicted molar refractivity (Wildman–Crippen MR) is 114 cm³/mol. The summed E-state index contributed by atoms with van der Waals surface area (Å²) in [5.74, 6) is 0. The minimum Gasteiger partial charge on any atom is -0.323 e. The Labute approximate surface area is 178 Å².